The van der Waals surface area contributed by atoms with Crippen LogP contribution in [0.5, 0.6) is 5.75 Å². The van der Waals surface area contributed by atoms with Crippen LogP contribution in [0.25, 0.3) is 0 Å². The zero-order valence-electron chi connectivity index (χ0n) is 14.0. The number of hydrogen-bond acceptors (Lipinski definition) is 3. The third-order valence-corrected chi connectivity index (χ3v) is 4.05. The van der Waals surface area contributed by atoms with Gasteiger partial charge in [0.25, 0.3) is 5.91 Å². The summed E-state index contributed by atoms with van der Waals surface area (Å²) in [7, 11) is 1.57. The summed E-state index contributed by atoms with van der Waals surface area (Å²) in [5.74, 6) is 0.923. The number of benzene rings is 2. The lowest BCUT2D eigenvalue weighted by Crippen LogP contribution is -2.13. The number of hydrogen-bond donors (Lipinski definition) is 1. The monoisotopic (exact) mass is 355 g/mol. The van der Waals surface area contributed by atoms with E-state index in [-0.39, 0.29) is 5.91 Å². The van der Waals surface area contributed by atoms with Crippen molar-refractivity contribution in [3.63, 3.8) is 0 Å². The fourth-order valence-electron chi connectivity index (χ4n) is 2.45. The van der Waals surface area contributed by atoms with Gasteiger partial charge < -0.3 is 10.1 Å². The van der Waals surface area contributed by atoms with E-state index in [9.17, 15) is 4.79 Å². The molecule has 0 radical (unpaired) electrons. The zero-order chi connectivity index (χ0) is 17.8. The van der Waals surface area contributed by atoms with Crippen molar-refractivity contribution in [3.8, 4) is 5.75 Å². The molecule has 2 aromatic carbocycles. The Bertz CT molecular complexity index is 888. The van der Waals surface area contributed by atoms with Crippen molar-refractivity contribution >= 4 is 23.3 Å². The van der Waals surface area contributed by atoms with E-state index in [4.69, 9.17) is 16.3 Å². The standard InChI is InChI=1S/C19H18ClN3O2/c1-13-10-18(21-19(24)15-4-3-5-17(11-15)25-2)22-23(13)12-14-6-8-16(20)9-7-14/h3-11H,12H2,1-2H3,(H,21,22,24). The second kappa shape index (κ2) is 7.40. The second-order valence-corrected chi connectivity index (χ2v) is 6.08. The quantitative estimate of drug-likeness (QED) is 0.747. The number of rotatable bonds is 5. The summed E-state index contributed by atoms with van der Waals surface area (Å²) < 4.78 is 6.98. The summed E-state index contributed by atoms with van der Waals surface area (Å²) >= 11 is 5.91. The number of methoxy groups -OCH3 is 1. The maximum absolute atomic E-state index is 12.4. The lowest BCUT2D eigenvalue weighted by atomic mass is 10.2. The van der Waals surface area contributed by atoms with Crippen molar-refractivity contribution in [2.45, 2.75) is 13.5 Å². The van der Waals surface area contributed by atoms with Crippen molar-refractivity contribution in [2.24, 2.45) is 0 Å². The van der Waals surface area contributed by atoms with Crippen molar-refractivity contribution in [1.82, 2.24) is 9.78 Å². The molecule has 25 heavy (non-hydrogen) atoms. The van der Waals surface area contributed by atoms with Crippen LogP contribution in [-0.4, -0.2) is 22.8 Å². The van der Waals surface area contributed by atoms with Gasteiger partial charge in [0.15, 0.2) is 5.82 Å². The second-order valence-electron chi connectivity index (χ2n) is 5.64. The molecule has 0 saturated carbocycles. The first-order valence-corrected chi connectivity index (χ1v) is 8.17. The lowest BCUT2D eigenvalue weighted by Gasteiger charge is -2.05. The SMILES string of the molecule is COc1cccc(C(=O)Nc2cc(C)n(Cc3ccc(Cl)cc3)n2)c1. The highest BCUT2D eigenvalue weighted by Crippen LogP contribution is 2.16. The minimum absolute atomic E-state index is 0.227. The molecule has 6 heteroatoms. The lowest BCUT2D eigenvalue weighted by molar-refractivity contribution is 0.102. The van der Waals surface area contributed by atoms with Gasteiger partial charge in [0.2, 0.25) is 0 Å². The normalized spacial score (nSPS) is 10.5. The molecule has 1 aromatic heterocycles. The zero-order valence-corrected chi connectivity index (χ0v) is 14.7. The number of nitrogens with zero attached hydrogens (tertiary/aromatic N) is 2. The van der Waals surface area contributed by atoms with E-state index in [1.54, 1.807) is 31.4 Å². The fraction of sp³-hybridized carbons (Fsp3) is 0.158. The van der Waals surface area contributed by atoms with Crippen LogP contribution in [0.15, 0.2) is 54.6 Å². The predicted molar refractivity (Wildman–Crippen MR) is 98.5 cm³/mol. The molecular weight excluding hydrogens is 338 g/mol. The van der Waals surface area contributed by atoms with Crippen molar-refractivity contribution in [3.05, 3.63) is 76.4 Å². The molecule has 0 unspecified atom stereocenters. The van der Waals surface area contributed by atoms with Crippen molar-refractivity contribution in [2.75, 3.05) is 12.4 Å². The van der Waals surface area contributed by atoms with Crippen LogP contribution in [0, 0.1) is 6.92 Å². The Balaban J connectivity index is 1.73. The summed E-state index contributed by atoms with van der Waals surface area (Å²) in [6, 6.07) is 16.4. The molecular formula is C19H18ClN3O2. The molecule has 1 amide bonds. The number of anilines is 1. The Labute approximate surface area is 151 Å². The number of carbonyl (C=O) groups is 1. The van der Waals surface area contributed by atoms with Crippen LogP contribution < -0.4 is 10.1 Å². The molecule has 0 saturated heterocycles. The van der Waals surface area contributed by atoms with Crippen LogP contribution >= 0.6 is 11.6 Å². The van der Waals surface area contributed by atoms with E-state index in [0.717, 1.165) is 11.3 Å². The van der Waals surface area contributed by atoms with Gasteiger partial charge in [0, 0.05) is 22.3 Å². The smallest absolute Gasteiger partial charge is 0.256 e. The van der Waals surface area contributed by atoms with Crippen LogP contribution in [0.2, 0.25) is 5.02 Å². The molecule has 1 heterocycles. The van der Waals surface area contributed by atoms with Crippen LogP contribution in [0.4, 0.5) is 5.82 Å². The Hall–Kier alpha value is -2.79. The number of ether oxygens (including phenoxy) is 1. The predicted octanol–water partition coefficient (Wildman–Crippen LogP) is 4.15. The Kier molecular flexibility index (Phi) is 5.05. The summed E-state index contributed by atoms with van der Waals surface area (Å²) in [6.45, 7) is 2.56. The first-order valence-electron chi connectivity index (χ1n) is 7.79. The fourth-order valence-corrected chi connectivity index (χ4v) is 2.57. The Morgan fingerprint density at radius 3 is 2.68 bits per heavy atom. The largest absolute Gasteiger partial charge is 0.497 e. The molecule has 0 aliphatic carbocycles. The maximum Gasteiger partial charge on any atom is 0.256 e. The summed E-state index contributed by atoms with van der Waals surface area (Å²) in [5, 5.41) is 7.98. The third-order valence-electron chi connectivity index (χ3n) is 3.80. The van der Waals surface area contributed by atoms with Crippen molar-refractivity contribution < 1.29 is 9.53 Å². The van der Waals surface area contributed by atoms with Gasteiger partial charge in [-0.05, 0) is 42.8 Å². The summed E-state index contributed by atoms with van der Waals surface area (Å²) in [4.78, 5) is 12.4. The van der Waals surface area contributed by atoms with Gasteiger partial charge in [-0.1, -0.05) is 29.8 Å². The number of aromatic nitrogens is 2. The molecule has 0 atom stereocenters. The molecule has 5 nitrogen and oxygen atoms in total. The average molecular weight is 356 g/mol. The Morgan fingerprint density at radius 1 is 1.20 bits per heavy atom. The molecule has 0 aliphatic heterocycles. The van der Waals surface area contributed by atoms with Crippen LogP contribution in [0.3, 0.4) is 0 Å². The summed E-state index contributed by atoms with van der Waals surface area (Å²) in [6.07, 6.45) is 0. The van der Waals surface area contributed by atoms with E-state index in [1.807, 2.05) is 41.9 Å². The number of aryl methyl sites for hydroxylation is 1. The van der Waals surface area contributed by atoms with Gasteiger partial charge in [-0.25, -0.2) is 0 Å². The van der Waals surface area contributed by atoms with E-state index in [0.29, 0.717) is 28.7 Å². The van der Waals surface area contributed by atoms with Gasteiger partial charge in [0.05, 0.1) is 13.7 Å². The van der Waals surface area contributed by atoms with E-state index in [2.05, 4.69) is 10.4 Å². The van der Waals surface area contributed by atoms with E-state index >= 15 is 0 Å². The number of nitrogens with one attached hydrogen (secondary N) is 1. The molecule has 1 N–H and O–H groups in total. The first-order chi connectivity index (χ1) is 12.0. The first kappa shape index (κ1) is 17.0. The molecule has 128 valence electrons. The highest BCUT2D eigenvalue weighted by Gasteiger charge is 2.11. The molecule has 0 bridgehead atoms. The molecule has 3 rings (SSSR count). The minimum Gasteiger partial charge on any atom is -0.497 e. The highest BCUT2D eigenvalue weighted by molar-refractivity contribution is 6.30. The molecule has 0 spiro atoms. The van der Waals surface area contributed by atoms with Crippen LogP contribution in [0.1, 0.15) is 21.6 Å². The van der Waals surface area contributed by atoms with Crippen molar-refractivity contribution in [1.29, 1.82) is 0 Å². The third kappa shape index (κ3) is 4.19. The minimum atomic E-state index is -0.227. The van der Waals surface area contributed by atoms with Gasteiger partial charge in [-0.3, -0.25) is 9.48 Å². The van der Waals surface area contributed by atoms with Gasteiger partial charge >= 0.3 is 0 Å². The maximum atomic E-state index is 12.4. The van der Waals surface area contributed by atoms with E-state index in [1.165, 1.54) is 0 Å². The number of halogens is 1. The average Bonchev–Trinajstić information content (AvgIpc) is 2.96. The number of amides is 1. The highest BCUT2D eigenvalue weighted by atomic mass is 35.5. The molecule has 3 aromatic rings. The molecule has 0 aliphatic rings. The van der Waals surface area contributed by atoms with Gasteiger partial charge in [-0.15, -0.1) is 0 Å². The topological polar surface area (TPSA) is 56.1 Å². The summed E-state index contributed by atoms with van der Waals surface area (Å²) in [5.41, 5.74) is 2.56. The Morgan fingerprint density at radius 2 is 1.96 bits per heavy atom. The van der Waals surface area contributed by atoms with Gasteiger partial charge in [0.1, 0.15) is 5.75 Å². The van der Waals surface area contributed by atoms with E-state index < -0.39 is 0 Å². The molecule has 0 fully saturated rings. The van der Waals surface area contributed by atoms with Crippen LogP contribution in [-0.2, 0) is 6.54 Å². The number of carbonyl (C=O) groups excluding carboxylic acids is 1. The van der Waals surface area contributed by atoms with Gasteiger partial charge in [-0.2, -0.15) is 5.10 Å².